The molecule has 0 radical (unpaired) electrons. The maximum Gasteiger partial charge on any atom is 0.253 e. The van der Waals surface area contributed by atoms with Crippen molar-refractivity contribution >= 4 is 15.9 Å². The van der Waals surface area contributed by atoms with Gasteiger partial charge in [0.15, 0.2) is 0 Å². The lowest BCUT2D eigenvalue weighted by Crippen LogP contribution is -2.39. The van der Waals surface area contributed by atoms with E-state index < -0.39 is 10.0 Å². The Labute approximate surface area is 185 Å². The van der Waals surface area contributed by atoms with Crippen LogP contribution in [0.4, 0.5) is 0 Å². The van der Waals surface area contributed by atoms with Crippen molar-refractivity contribution in [3.05, 3.63) is 59.7 Å². The SMILES string of the molecule is COc1ccc(C(=O)N(C)C2CCC(c3ccccc3)CC2)cc1S(=O)(=O)NC(C)C. The highest BCUT2D eigenvalue weighted by Gasteiger charge is 2.29. The van der Waals surface area contributed by atoms with Gasteiger partial charge < -0.3 is 9.64 Å². The average Bonchev–Trinajstić information content (AvgIpc) is 2.77. The number of methoxy groups -OCH3 is 1. The van der Waals surface area contributed by atoms with Crippen LogP contribution in [0.3, 0.4) is 0 Å². The third-order valence-electron chi connectivity index (χ3n) is 5.93. The summed E-state index contributed by atoms with van der Waals surface area (Å²) in [5.74, 6) is 0.573. The minimum atomic E-state index is -3.79. The van der Waals surface area contributed by atoms with Crippen molar-refractivity contribution in [3.63, 3.8) is 0 Å². The van der Waals surface area contributed by atoms with Crippen LogP contribution in [0.2, 0.25) is 0 Å². The molecule has 6 nitrogen and oxygen atoms in total. The van der Waals surface area contributed by atoms with E-state index in [0.717, 1.165) is 25.7 Å². The molecule has 0 saturated heterocycles. The molecule has 1 N–H and O–H groups in total. The Balaban J connectivity index is 1.74. The van der Waals surface area contributed by atoms with Crippen LogP contribution in [0.25, 0.3) is 0 Å². The summed E-state index contributed by atoms with van der Waals surface area (Å²) in [7, 11) is -0.567. The van der Waals surface area contributed by atoms with Crippen LogP contribution in [-0.4, -0.2) is 45.5 Å². The van der Waals surface area contributed by atoms with Gasteiger partial charge in [-0.25, -0.2) is 13.1 Å². The monoisotopic (exact) mass is 444 g/mol. The maximum absolute atomic E-state index is 13.2. The highest BCUT2D eigenvalue weighted by molar-refractivity contribution is 7.89. The third-order valence-corrected chi connectivity index (χ3v) is 7.61. The molecular weight excluding hydrogens is 412 g/mol. The molecule has 2 aromatic rings. The maximum atomic E-state index is 13.2. The van der Waals surface area contributed by atoms with Gasteiger partial charge in [-0.15, -0.1) is 0 Å². The number of hydrogen-bond donors (Lipinski definition) is 1. The van der Waals surface area contributed by atoms with Crippen molar-refractivity contribution in [3.8, 4) is 5.75 Å². The summed E-state index contributed by atoms with van der Waals surface area (Å²) < 4.78 is 33.2. The Bertz CT molecular complexity index is 997. The fourth-order valence-corrected chi connectivity index (χ4v) is 5.73. The van der Waals surface area contributed by atoms with Crippen molar-refractivity contribution in [1.29, 1.82) is 0 Å². The smallest absolute Gasteiger partial charge is 0.253 e. The van der Waals surface area contributed by atoms with Gasteiger partial charge in [-0.2, -0.15) is 0 Å². The van der Waals surface area contributed by atoms with Gasteiger partial charge in [0.2, 0.25) is 10.0 Å². The number of carbonyl (C=O) groups is 1. The van der Waals surface area contributed by atoms with Gasteiger partial charge in [-0.3, -0.25) is 4.79 Å². The molecule has 0 aromatic heterocycles. The third kappa shape index (κ3) is 5.46. The minimum absolute atomic E-state index is 0.0178. The second kappa shape index (κ2) is 9.83. The number of nitrogens with zero attached hydrogens (tertiary/aromatic N) is 1. The molecule has 1 saturated carbocycles. The van der Waals surface area contributed by atoms with Gasteiger partial charge in [0, 0.05) is 24.7 Å². The first-order chi connectivity index (χ1) is 14.7. The summed E-state index contributed by atoms with van der Waals surface area (Å²) in [5, 5.41) is 0. The number of carbonyl (C=O) groups excluding carboxylic acids is 1. The Morgan fingerprint density at radius 1 is 1.06 bits per heavy atom. The molecule has 2 aromatic carbocycles. The lowest BCUT2D eigenvalue weighted by atomic mass is 9.81. The molecule has 3 rings (SSSR count). The summed E-state index contributed by atoms with van der Waals surface area (Å²) >= 11 is 0. The lowest BCUT2D eigenvalue weighted by molar-refractivity contribution is 0.0689. The molecule has 0 spiro atoms. The van der Waals surface area contributed by atoms with Crippen molar-refractivity contribution in [2.45, 2.75) is 62.4 Å². The van der Waals surface area contributed by atoms with Crippen molar-refractivity contribution in [2.24, 2.45) is 0 Å². The Morgan fingerprint density at radius 3 is 2.29 bits per heavy atom. The summed E-state index contributed by atoms with van der Waals surface area (Å²) in [6.45, 7) is 3.50. The van der Waals surface area contributed by atoms with E-state index in [1.165, 1.54) is 18.7 Å². The highest BCUT2D eigenvalue weighted by Crippen LogP contribution is 2.35. The molecule has 0 unspecified atom stereocenters. The highest BCUT2D eigenvalue weighted by atomic mass is 32.2. The number of hydrogen-bond acceptors (Lipinski definition) is 4. The standard InChI is InChI=1S/C24H32N2O4S/c1-17(2)25-31(28,29)23-16-20(12-15-22(23)30-4)24(27)26(3)21-13-10-19(11-14-21)18-8-6-5-7-9-18/h5-9,12,15-17,19,21,25H,10-11,13-14H2,1-4H3. The van der Waals surface area contributed by atoms with Gasteiger partial charge in [0.25, 0.3) is 5.91 Å². The summed E-state index contributed by atoms with van der Waals surface area (Å²) in [5.41, 5.74) is 1.70. The summed E-state index contributed by atoms with van der Waals surface area (Å²) in [6.07, 6.45) is 3.93. The van der Waals surface area contributed by atoms with Gasteiger partial charge in [-0.05, 0) is 69.2 Å². The fraction of sp³-hybridized carbons (Fsp3) is 0.458. The first-order valence-corrected chi connectivity index (χ1v) is 12.2. The van der Waals surface area contributed by atoms with E-state index in [1.54, 1.807) is 37.9 Å². The van der Waals surface area contributed by atoms with Gasteiger partial charge in [-0.1, -0.05) is 30.3 Å². The number of rotatable bonds is 7. The molecule has 168 valence electrons. The predicted octanol–water partition coefficient (Wildman–Crippen LogP) is 4.18. The van der Waals surface area contributed by atoms with E-state index in [-0.39, 0.29) is 28.6 Å². The first kappa shape index (κ1) is 23.3. The van der Waals surface area contributed by atoms with Crippen molar-refractivity contribution < 1.29 is 17.9 Å². The lowest BCUT2D eigenvalue weighted by Gasteiger charge is -2.35. The fourth-order valence-electron chi connectivity index (χ4n) is 4.28. The van der Waals surface area contributed by atoms with Crippen molar-refractivity contribution in [2.75, 3.05) is 14.2 Å². The molecule has 31 heavy (non-hydrogen) atoms. The predicted molar refractivity (Wildman–Crippen MR) is 122 cm³/mol. The van der Waals surface area contributed by atoms with Crippen LogP contribution in [0.5, 0.6) is 5.75 Å². The van der Waals surface area contributed by atoms with Crippen LogP contribution >= 0.6 is 0 Å². The summed E-state index contributed by atoms with van der Waals surface area (Å²) in [4.78, 5) is 14.9. The summed E-state index contributed by atoms with van der Waals surface area (Å²) in [6, 6.07) is 15.0. The zero-order chi connectivity index (χ0) is 22.6. The van der Waals surface area contributed by atoms with Crippen LogP contribution < -0.4 is 9.46 Å². The van der Waals surface area contributed by atoms with E-state index in [4.69, 9.17) is 4.74 Å². The van der Waals surface area contributed by atoms with Crippen LogP contribution in [-0.2, 0) is 10.0 Å². The molecule has 0 bridgehead atoms. The van der Waals surface area contributed by atoms with Crippen LogP contribution in [0.15, 0.2) is 53.4 Å². The van der Waals surface area contributed by atoms with Gasteiger partial charge in [0.1, 0.15) is 10.6 Å². The van der Waals surface area contributed by atoms with Crippen LogP contribution in [0, 0.1) is 0 Å². The van der Waals surface area contributed by atoms with Crippen LogP contribution in [0.1, 0.15) is 61.4 Å². The molecule has 7 heteroatoms. The van der Waals surface area contributed by atoms with Crippen molar-refractivity contribution in [1.82, 2.24) is 9.62 Å². The topological polar surface area (TPSA) is 75.7 Å². The number of ether oxygens (including phenoxy) is 1. The van der Waals surface area contributed by atoms with Gasteiger partial charge in [0.05, 0.1) is 7.11 Å². The Morgan fingerprint density at radius 2 is 1.71 bits per heavy atom. The van der Waals surface area contributed by atoms with E-state index >= 15 is 0 Å². The molecule has 1 amide bonds. The molecule has 0 aliphatic heterocycles. The quantitative estimate of drug-likeness (QED) is 0.695. The zero-order valence-corrected chi connectivity index (χ0v) is 19.5. The van der Waals surface area contributed by atoms with E-state index in [9.17, 15) is 13.2 Å². The minimum Gasteiger partial charge on any atom is -0.495 e. The number of nitrogens with one attached hydrogen (secondary N) is 1. The molecular formula is C24H32N2O4S. The molecule has 0 atom stereocenters. The molecule has 1 aliphatic rings. The Hall–Kier alpha value is -2.38. The molecule has 0 heterocycles. The second-order valence-corrected chi connectivity index (χ2v) is 10.2. The second-order valence-electron chi connectivity index (χ2n) is 8.47. The van der Waals surface area contributed by atoms with E-state index in [1.807, 2.05) is 6.07 Å². The number of benzene rings is 2. The Kier molecular flexibility index (Phi) is 7.38. The van der Waals surface area contributed by atoms with E-state index in [2.05, 4.69) is 29.0 Å². The molecule has 1 fully saturated rings. The first-order valence-electron chi connectivity index (χ1n) is 10.8. The number of amides is 1. The number of sulfonamides is 1. The van der Waals surface area contributed by atoms with E-state index in [0.29, 0.717) is 11.5 Å². The largest absolute Gasteiger partial charge is 0.495 e. The average molecular weight is 445 g/mol. The zero-order valence-electron chi connectivity index (χ0n) is 18.7. The normalized spacial score (nSPS) is 19.3. The molecule has 1 aliphatic carbocycles. The van der Waals surface area contributed by atoms with Gasteiger partial charge >= 0.3 is 0 Å².